The van der Waals surface area contributed by atoms with Gasteiger partial charge in [-0.1, -0.05) is 19.8 Å². The fourth-order valence-electron chi connectivity index (χ4n) is 3.57. The molecule has 2 N–H and O–H groups in total. The average molecular weight is 453 g/mol. The smallest absolute Gasteiger partial charge is 0.191 e. The van der Waals surface area contributed by atoms with Crippen LogP contribution in [-0.2, 0) is 9.47 Å². The predicted molar refractivity (Wildman–Crippen MR) is 110 cm³/mol. The molecule has 1 unspecified atom stereocenters. The molecular formula is C18H36IN3O2. The van der Waals surface area contributed by atoms with Crippen LogP contribution >= 0.6 is 24.0 Å². The number of halogens is 1. The number of nitrogens with zero attached hydrogens (tertiary/aromatic N) is 1. The number of guanidine groups is 1. The van der Waals surface area contributed by atoms with E-state index >= 15 is 0 Å². The SMILES string of the molecule is CCNC(=NCC1(CC)CCCC1)NCCOCC1CCCO1.I. The first-order valence-corrected chi connectivity index (χ1v) is 9.49. The topological polar surface area (TPSA) is 54.9 Å². The maximum atomic E-state index is 5.69. The first-order chi connectivity index (χ1) is 11.3. The summed E-state index contributed by atoms with van der Waals surface area (Å²) in [6.07, 6.45) is 9.24. The molecule has 142 valence electrons. The minimum Gasteiger partial charge on any atom is -0.377 e. The van der Waals surface area contributed by atoms with Gasteiger partial charge in [-0.15, -0.1) is 24.0 Å². The Hall–Kier alpha value is -0.0800. The summed E-state index contributed by atoms with van der Waals surface area (Å²) in [4.78, 5) is 4.83. The maximum absolute atomic E-state index is 5.69. The molecule has 6 heteroatoms. The summed E-state index contributed by atoms with van der Waals surface area (Å²) >= 11 is 0. The van der Waals surface area contributed by atoms with Crippen molar-refractivity contribution in [1.82, 2.24) is 10.6 Å². The highest BCUT2D eigenvalue weighted by Crippen LogP contribution is 2.41. The first kappa shape index (κ1) is 22.0. The number of nitrogens with one attached hydrogen (secondary N) is 2. The van der Waals surface area contributed by atoms with Gasteiger partial charge in [-0.3, -0.25) is 4.99 Å². The monoisotopic (exact) mass is 453 g/mol. The van der Waals surface area contributed by atoms with Gasteiger partial charge in [-0.2, -0.15) is 0 Å². The molecule has 1 atom stereocenters. The molecular weight excluding hydrogens is 417 g/mol. The van der Waals surface area contributed by atoms with Crippen molar-refractivity contribution in [2.24, 2.45) is 10.4 Å². The van der Waals surface area contributed by atoms with Gasteiger partial charge in [-0.25, -0.2) is 0 Å². The summed E-state index contributed by atoms with van der Waals surface area (Å²) < 4.78 is 11.3. The Balaban J connectivity index is 0.00000288. The van der Waals surface area contributed by atoms with E-state index in [1.54, 1.807) is 0 Å². The van der Waals surface area contributed by atoms with E-state index in [0.29, 0.717) is 24.7 Å². The van der Waals surface area contributed by atoms with Crippen molar-refractivity contribution in [2.45, 2.75) is 64.9 Å². The molecule has 0 bridgehead atoms. The van der Waals surface area contributed by atoms with Crippen molar-refractivity contribution in [3.8, 4) is 0 Å². The van der Waals surface area contributed by atoms with Crippen LogP contribution in [0, 0.1) is 5.41 Å². The van der Waals surface area contributed by atoms with E-state index < -0.39 is 0 Å². The molecule has 1 aliphatic carbocycles. The third-order valence-electron chi connectivity index (χ3n) is 5.20. The molecule has 5 nitrogen and oxygen atoms in total. The lowest BCUT2D eigenvalue weighted by Gasteiger charge is -2.25. The lowest BCUT2D eigenvalue weighted by molar-refractivity contribution is 0.0191. The van der Waals surface area contributed by atoms with Crippen molar-refractivity contribution >= 4 is 29.9 Å². The summed E-state index contributed by atoms with van der Waals surface area (Å²) in [6.45, 7) is 9.34. The van der Waals surface area contributed by atoms with Gasteiger partial charge < -0.3 is 20.1 Å². The van der Waals surface area contributed by atoms with Crippen LogP contribution in [0.25, 0.3) is 0 Å². The minimum atomic E-state index is 0. The molecule has 24 heavy (non-hydrogen) atoms. The Morgan fingerprint density at radius 2 is 2.00 bits per heavy atom. The Morgan fingerprint density at radius 3 is 2.62 bits per heavy atom. The fraction of sp³-hybridized carbons (Fsp3) is 0.944. The van der Waals surface area contributed by atoms with Gasteiger partial charge >= 0.3 is 0 Å². The predicted octanol–water partition coefficient (Wildman–Crippen LogP) is 3.33. The molecule has 1 aliphatic heterocycles. The average Bonchev–Trinajstić information content (AvgIpc) is 3.24. The highest BCUT2D eigenvalue weighted by molar-refractivity contribution is 14.0. The van der Waals surface area contributed by atoms with E-state index in [9.17, 15) is 0 Å². The summed E-state index contributed by atoms with van der Waals surface area (Å²) in [7, 11) is 0. The van der Waals surface area contributed by atoms with Gasteiger partial charge in [0.15, 0.2) is 5.96 Å². The second-order valence-electron chi connectivity index (χ2n) is 6.89. The standard InChI is InChI=1S/C18H35N3O2.HI/c1-3-18(9-5-6-10-18)15-21-17(19-4-2)20-11-13-22-14-16-8-7-12-23-16;/h16H,3-15H2,1-2H3,(H2,19,20,21);1H. The van der Waals surface area contributed by atoms with Crippen molar-refractivity contribution in [3.05, 3.63) is 0 Å². The molecule has 0 aromatic rings. The Kier molecular flexibility index (Phi) is 11.3. The van der Waals surface area contributed by atoms with E-state index in [1.165, 1.54) is 38.5 Å². The number of hydrogen-bond acceptors (Lipinski definition) is 3. The zero-order valence-electron chi connectivity index (χ0n) is 15.4. The number of rotatable bonds is 9. The first-order valence-electron chi connectivity index (χ1n) is 9.49. The number of aliphatic imine (C=N–C) groups is 1. The quantitative estimate of drug-likeness (QED) is 0.244. The molecule has 0 spiro atoms. The molecule has 2 rings (SSSR count). The molecule has 0 amide bonds. The van der Waals surface area contributed by atoms with Crippen molar-refractivity contribution < 1.29 is 9.47 Å². The van der Waals surface area contributed by atoms with Crippen LogP contribution in [0.15, 0.2) is 4.99 Å². The van der Waals surface area contributed by atoms with E-state index in [2.05, 4.69) is 24.5 Å². The van der Waals surface area contributed by atoms with Gasteiger partial charge in [0.2, 0.25) is 0 Å². The van der Waals surface area contributed by atoms with Crippen LogP contribution in [0.2, 0.25) is 0 Å². The summed E-state index contributed by atoms with van der Waals surface area (Å²) in [6, 6.07) is 0. The second kappa shape index (κ2) is 12.3. The van der Waals surface area contributed by atoms with Gasteiger partial charge in [0.05, 0.1) is 19.3 Å². The highest BCUT2D eigenvalue weighted by Gasteiger charge is 2.31. The molecule has 0 aromatic carbocycles. The second-order valence-corrected chi connectivity index (χ2v) is 6.89. The number of ether oxygens (including phenoxy) is 2. The van der Waals surface area contributed by atoms with Gasteiger partial charge in [0.25, 0.3) is 0 Å². The van der Waals surface area contributed by atoms with Gasteiger partial charge in [0, 0.05) is 26.2 Å². The fourth-order valence-corrected chi connectivity index (χ4v) is 3.57. The van der Waals surface area contributed by atoms with Gasteiger partial charge in [0.1, 0.15) is 0 Å². The Morgan fingerprint density at radius 1 is 1.21 bits per heavy atom. The lowest BCUT2D eigenvalue weighted by atomic mass is 9.84. The van der Waals surface area contributed by atoms with Crippen LogP contribution in [-0.4, -0.2) is 51.5 Å². The van der Waals surface area contributed by atoms with Crippen molar-refractivity contribution in [2.75, 3.05) is 39.5 Å². The molecule has 0 aromatic heterocycles. The molecule has 2 aliphatic rings. The third-order valence-corrected chi connectivity index (χ3v) is 5.20. The van der Waals surface area contributed by atoms with Crippen LogP contribution in [0.4, 0.5) is 0 Å². The van der Waals surface area contributed by atoms with E-state index in [0.717, 1.165) is 38.6 Å². The van der Waals surface area contributed by atoms with Crippen molar-refractivity contribution in [1.29, 1.82) is 0 Å². The van der Waals surface area contributed by atoms with Crippen molar-refractivity contribution in [3.63, 3.8) is 0 Å². The summed E-state index contributed by atoms with van der Waals surface area (Å²) in [5.74, 6) is 0.924. The minimum absolute atomic E-state index is 0. The molecule has 0 radical (unpaired) electrons. The zero-order chi connectivity index (χ0) is 16.4. The van der Waals surface area contributed by atoms with Crippen LogP contribution in [0.5, 0.6) is 0 Å². The van der Waals surface area contributed by atoms with E-state index in [1.807, 2.05) is 0 Å². The highest BCUT2D eigenvalue weighted by atomic mass is 127. The van der Waals surface area contributed by atoms with E-state index in [4.69, 9.17) is 14.5 Å². The lowest BCUT2D eigenvalue weighted by Crippen LogP contribution is -2.40. The van der Waals surface area contributed by atoms with Crippen LogP contribution in [0.1, 0.15) is 58.8 Å². The maximum Gasteiger partial charge on any atom is 0.191 e. The summed E-state index contributed by atoms with van der Waals surface area (Å²) in [5, 5.41) is 6.72. The zero-order valence-corrected chi connectivity index (χ0v) is 17.8. The Bertz CT molecular complexity index is 354. The molecule has 1 heterocycles. The van der Waals surface area contributed by atoms with Gasteiger partial charge in [-0.05, 0) is 44.4 Å². The normalized spacial score (nSPS) is 23.1. The molecule has 2 fully saturated rings. The molecule has 1 saturated heterocycles. The van der Waals surface area contributed by atoms with Crippen LogP contribution in [0.3, 0.4) is 0 Å². The number of hydrogen-bond donors (Lipinski definition) is 2. The third kappa shape index (κ3) is 7.44. The van der Waals surface area contributed by atoms with E-state index in [-0.39, 0.29) is 24.0 Å². The largest absolute Gasteiger partial charge is 0.377 e. The molecule has 1 saturated carbocycles. The Labute approximate surface area is 164 Å². The van der Waals surface area contributed by atoms with Crippen LogP contribution < -0.4 is 10.6 Å². The summed E-state index contributed by atoms with van der Waals surface area (Å²) in [5.41, 5.74) is 0.443.